The quantitative estimate of drug-likeness (QED) is 0.710. The van der Waals surface area contributed by atoms with Gasteiger partial charge in [-0.25, -0.2) is 9.78 Å². The van der Waals surface area contributed by atoms with E-state index >= 15 is 0 Å². The van der Waals surface area contributed by atoms with Gasteiger partial charge in [0.05, 0.1) is 7.11 Å². The number of pyridine rings is 1. The van der Waals surface area contributed by atoms with Crippen LogP contribution in [0.3, 0.4) is 0 Å². The molecule has 8 heteroatoms. The van der Waals surface area contributed by atoms with E-state index in [2.05, 4.69) is 27.2 Å². The maximum absolute atomic E-state index is 12.2. The molecular weight excluding hydrogens is 376 g/mol. The third-order valence-electron chi connectivity index (χ3n) is 4.39. The molecule has 0 bridgehead atoms. The summed E-state index contributed by atoms with van der Waals surface area (Å²) in [4.78, 5) is 27.7. The number of allylic oxidation sites excluding steroid dienone is 4. The van der Waals surface area contributed by atoms with Crippen LogP contribution in [0, 0.1) is 0 Å². The number of amides is 1. The molecule has 8 nitrogen and oxygen atoms in total. The van der Waals surface area contributed by atoms with Crippen molar-refractivity contribution in [1.29, 1.82) is 0 Å². The topological polar surface area (TPSA) is 107 Å². The van der Waals surface area contributed by atoms with Crippen LogP contribution in [-0.2, 0) is 19.0 Å². The number of nitrogens with zero attached hydrogens (tertiary/aromatic N) is 1. The second-order valence-corrected chi connectivity index (χ2v) is 6.58. The number of ether oxygens (including phenoxy) is 3. The Kier molecular flexibility index (Phi) is 6.33. The third-order valence-corrected chi connectivity index (χ3v) is 4.39. The lowest BCUT2D eigenvalue weighted by molar-refractivity contribution is -0.142. The number of aromatic nitrogens is 1. The lowest BCUT2D eigenvalue weighted by Gasteiger charge is -2.19. The number of esters is 1. The zero-order chi connectivity index (χ0) is 20.8. The van der Waals surface area contributed by atoms with Crippen molar-refractivity contribution in [2.45, 2.75) is 32.2 Å². The van der Waals surface area contributed by atoms with Gasteiger partial charge in [-0.1, -0.05) is 23.8 Å². The number of rotatable bonds is 6. The molecule has 2 heterocycles. The maximum atomic E-state index is 12.2. The molecule has 1 aliphatic heterocycles. The molecule has 1 amide bonds. The predicted molar refractivity (Wildman–Crippen MR) is 104 cm³/mol. The Morgan fingerprint density at radius 2 is 2.21 bits per heavy atom. The molecule has 1 aliphatic carbocycles. The van der Waals surface area contributed by atoms with Gasteiger partial charge in [0.1, 0.15) is 30.1 Å². The van der Waals surface area contributed by atoms with Gasteiger partial charge in [0.25, 0.3) is 5.91 Å². The van der Waals surface area contributed by atoms with E-state index in [-0.39, 0.29) is 11.4 Å². The standard InChI is InChI=1S/C21H22N2O6/c1-13(21(26)27-2)23-20(25)19-17(24)9-15(10-22-19)18-12-28-11-16(29-18)8-14-6-4-3-5-7-14/h3-4,6,9-13,24H,5,7-8H2,1-2H3,(H,23,25). The predicted octanol–water partition coefficient (Wildman–Crippen LogP) is 2.93. The van der Waals surface area contributed by atoms with Crippen LogP contribution in [0.25, 0.3) is 5.76 Å². The van der Waals surface area contributed by atoms with Crippen LogP contribution in [0.2, 0.25) is 0 Å². The molecule has 2 aliphatic rings. The number of nitrogens with one attached hydrogen (secondary N) is 1. The van der Waals surface area contributed by atoms with Crippen molar-refractivity contribution in [3.05, 3.63) is 65.6 Å². The highest BCUT2D eigenvalue weighted by Crippen LogP contribution is 2.30. The summed E-state index contributed by atoms with van der Waals surface area (Å²) in [6.45, 7) is 1.47. The van der Waals surface area contributed by atoms with Crippen molar-refractivity contribution < 1.29 is 28.9 Å². The van der Waals surface area contributed by atoms with Crippen LogP contribution in [0.15, 0.2) is 54.3 Å². The van der Waals surface area contributed by atoms with E-state index in [4.69, 9.17) is 9.47 Å². The largest absolute Gasteiger partial charge is 0.505 e. The molecule has 3 rings (SSSR count). The number of hydrogen-bond acceptors (Lipinski definition) is 7. The molecule has 0 radical (unpaired) electrons. The van der Waals surface area contributed by atoms with E-state index in [1.165, 1.54) is 44.4 Å². The van der Waals surface area contributed by atoms with Gasteiger partial charge in [-0.2, -0.15) is 0 Å². The maximum Gasteiger partial charge on any atom is 0.328 e. The van der Waals surface area contributed by atoms with Crippen LogP contribution in [0.4, 0.5) is 0 Å². The Labute approximate surface area is 168 Å². The van der Waals surface area contributed by atoms with Crippen molar-refractivity contribution in [2.75, 3.05) is 7.11 Å². The number of carbonyl (C=O) groups excluding carboxylic acids is 2. The molecule has 1 unspecified atom stereocenters. The van der Waals surface area contributed by atoms with Crippen LogP contribution < -0.4 is 5.32 Å². The highest BCUT2D eigenvalue weighted by atomic mass is 16.5. The minimum absolute atomic E-state index is 0.211. The first-order valence-corrected chi connectivity index (χ1v) is 9.13. The third kappa shape index (κ3) is 5.04. The van der Waals surface area contributed by atoms with Gasteiger partial charge in [-0.05, 0) is 25.8 Å². The molecule has 0 spiro atoms. The van der Waals surface area contributed by atoms with Crippen LogP contribution in [-0.4, -0.2) is 35.1 Å². The Hall–Kier alpha value is -3.55. The summed E-state index contributed by atoms with van der Waals surface area (Å²) in [5.41, 5.74) is 1.47. The van der Waals surface area contributed by atoms with E-state index in [0.29, 0.717) is 23.5 Å². The van der Waals surface area contributed by atoms with Crippen molar-refractivity contribution in [3.63, 3.8) is 0 Å². The van der Waals surface area contributed by atoms with Gasteiger partial charge < -0.3 is 24.6 Å². The summed E-state index contributed by atoms with van der Waals surface area (Å²) in [5, 5.41) is 12.6. The first-order valence-electron chi connectivity index (χ1n) is 9.13. The Morgan fingerprint density at radius 3 is 2.90 bits per heavy atom. The fraction of sp³-hybridized carbons (Fsp3) is 0.286. The SMILES string of the molecule is COC(=O)C(C)NC(=O)c1ncc(C2=COC=C(CC3=CC=CCC3)O2)cc1O. The molecule has 0 fully saturated rings. The normalized spacial score (nSPS) is 16.4. The van der Waals surface area contributed by atoms with Gasteiger partial charge in [-0.3, -0.25) is 4.79 Å². The van der Waals surface area contributed by atoms with E-state index in [0.717, 1.165) is 12.8 Å². The molecule has 1 aromatic rings. The van der Waals surface area contributed by atoms with Crippen molar-refractivity contribution in [2.24, 2.45) is 0 Å². The summed E-state index contributed by atoms with van der Waals surface area (Å²) >= 11 is 0. The number of methoxy groups -OCH3 is 1. The lowest BCUT2D eigenvalue weighted by atomic mass is 10.0. The fourth-order valence-corrected chi connectivity index (χ4v) is 2.85. The monoisotopic (exact) mass is 398 g/mol. The Balaban J connectivity index is 1.67. The molecule has 1 atom stereocenters. The summed E-state index contributed by atoms with van der Waals surface area (Å²) in [7, 11) is 1.22. The van der Waals surface area contributed by atoms with Crippen molar-refractivity contribution in [3.8, 4) is 5.75 Å². The van der Waals surface area contributed by atoms with E-state index in [1.807, 2.05) is 6.08 Å². The fourth-order valence-electron chi connectivity index (χ4n) is 2.85. The van der Waals surface area contributed by atoms with Gasteiger partial charge >= 0.3 is 5.97 Å². The first-order chi connectivity index (χ1) is 14.0. The number of aromatic hydroxyl groups is 1. The average Bonchev–Trinajstić information content (AvgIpc) is 2.73. The van der Waals surface area contributed by atoms with Crippen molar-refractivity contribution in [1.82, 2.24) is 10.3 Å². The molecule has 29 heavy (non-hydrogen) atoms. The minimum Gasteiger partial charge on any atom is -0.505 e. The van der Waals surface area contributed by atoms with Gasteiger partial charge in [-0.15, -0.1) is 0 Å². The molecular formula is C21H22N2O6. The molecule has 1 aromatic heterocycles. The Bertz CT molecular complexity index is 929. The second kappa shape index (κ2) is 9.09. The van der Waals surface area contributed by atoms with Crippen LogP contribution in [0.5, 0.6) is 5.75 Å². The van der Waals surface area contributed by atoms with E-state index in [9.17, 15) is 14.7 Å². The second-order valence-electron chi connectivity index (χ2n) is 6.58. The van der Waals surface area contributed by atoms with Crippen molar-refractivity contribution >= 4 is 17.6 Å². The molecule has 152 valence electrons. The number of carbonyl (C=O) groups is 2. The zero-order valence-electron chi connectivity index (χ0n) is 16.2. The Morgan fingerprint density at radius 1 is 1.38 bits per heavy atom. The number of hydrogen-bond donors (Lipinski definition) is 2. The zero-order valence-corrected chi connectivity index (χ0v) is 16.2. The van der Waals surface area contributed by atoms with Gasteiger partial charge in [0.2, 0.25) is 0 Å². The van der Waals surface area contributed by atoms with E-state index < -0.39 is 17.9 Å². The summed E-state index contributed by atoms with van der Waals surface area (Å²) in [6.07, 6.45) is 13.1. The molecule has 0 saturated carbocycles. The molecule has 0 saturated heterocycles. The first kappa shape index (κ1) is 20.2. The van der Waals surface area contributed by atoms with Gasteiger partial charge in [0.15, 0.2) is 11.5 Å². The molecule has 2 N–H and O–H groups in total. The van der Waals surface area contributed by atoms with Gasteiger partial charge in [0, 0.05) is 18.2 Å². The molecule has 0 aromatic carbocycles. The van der Waals surface area contributed by atoms with Crippen LogP contribution in [0.1, 0.15) is 42.2 Å². The van der Waals surface area contributed by atoms with Crippen LogP contribution >= 0.6 is 0 Å². The van der Waals surface area contributed by atoms with E-state index in [1.54, 1.807) is 0 Å². The highest BCUT2D eigenvalue weighted by molar-refractivity contribution is 5.97. The highest BCUT2D eigenvalue weighted by Gasteiger charge is 2.22. The average molecular weight is 398 g/mol. The summed E-state index contributed by atoms with van der Waals surface area (Å²) in [6, 6.07) is 0.480. The summed E-state index contributed by atoms with van der Waals surface area (Å²) in [5.74, 6) is -0.642. The summed E-state index contributed by atoms with van der Waals surface area (Å²) < 4.78 is 15.8. The minimum atomic E-state index is -0.872. The lowest BCUT2D eigenvalue weighted by Crippen LogP contribution is -2.39. The smallest absolute Gasteiger partial charge is 0.328 e.